The fraction of sp³-hybridized carbons (Fsp3) is 0.192. The molecule has 0 aliphatic carbocycles. The van der Waals surface area contributed by atoms with Gasteiger partial charge in [0.05, 0.1) is 18.2 Å². The summed E-state index contributed by atoms with van der Waals surface area (Å²) in [6.45, 7) is 5.15. The van der Waals surface area contributed by atoms with Gasteiger partial charge in [-0.25, -0.2) is 8.78 Å². The molecule has 0 saturated heterocycles. The van der Waals surface area contributed by atoms with E-state index in [0.717, 1.165) is 11.6 Å². The van der Waals surface area contributed by atoms with Gasteiger partial charge < -0.3 is 14.6 Å². The Morgan fingerprint density at radius 3 is 2.58 bits per heavy atom. The number of pyridine rings is 1. The summed E-state index contributed by atoms with van der Waals surface area (Å²) in [6.07, 6.45) is 5.39. The number of ether oxygens (including phenoxy) is 1. The number of hydrogen-bond donors (Lipinski definition) is 1. The number of hydrogen-bond acceptors (Lipinski definition) is 5. The van der Waals surface area contributed by atoms with Crippen LogP contribution in [0.25, 0.3) is 11.3 Å². The second-order valence-corrected chi connectivity index (χ2v) is 12.3. The van der Waals surface area contributed by atoms with Gasteiger partial charge in [0, 0.05) is 47.8 Å². The molecule has 1 amide bonds. The Kier molecular flexibility index (Phi) is 7.31. The molecule has 10 heteroatoms. The average molecular weight is 510 g/mol. The number of amides is 1. The average Bonchev–Trinajstić information content (AvgIpc) is 3.25. The van der Waals surface area contributed by atoms with Gasteiger partial charge in [-0.05, 0) is 56.1 Å². The molecule has 0 radical (unpaired) electrons. The first kappa shape index (κ1) is 25.3. The van der Waals surface area contributed by atoms with E-state index in [2.05, 4.69) is 15.4 Å². The second-order valence-electron chi connectivity index (χ2n) is 8.85. The number of aromatic nitrogens is 3. The van der Waals surface area contributed by atoms with Crippen molar-refractivity contribution in [2.75, 3.05) is 13.3 Å². The number of halogens is 2. The van der Waals surface area contributed by atoms with Crippen LogP contribution in [-0.4, -0.2) is 34.0 Å². The summed E-state index contributed by atoms with van der Waals surface area (Å²) < 4.78 is 46.6. The molecule has 0 aliphatic heterocycles. The molecule has 0 bridgehead atoms. The van der Waals surface area contributed by atoms with Crippen LogP contribution < -0.4 is 10.1 Å². The van der Waals surface area contributed by atoms with E-state index < -0.39 is 24.7 Å². The van der Waals surface area contributed by atoms with Crippen LogP contribution in [0.4, 0.5) is 8.78 Å². The summed E-state index contributed by atoms with van der Waals surface area (Å²) in [5, 5.41) is 6.95. The van der Waals surface area contributed by atoms with Crippen molar-refractivity contribution >= 4 is 13.0 Å². The van der Waals surface area contributed by atoms with Gasteiger partial charge in [0.1, 0.15) is 30.3 Å². The zero-order valence-corrected chi connectivity index (χ0v) is 20.9. The first-order valence-electron chi connectivity index (χ1n) is 11.1. The van der Waals surface area contributed by atoms with Crippen molar-refractivity contribution in [1.29, 1.82) is 0 Å². The molecule has 36 heavy (non-hydrogen) atoms. The third-order valence-electron chi connectivity index (χ3n) is 5.28. The van der Waals surface area contributed by atoms with Crippen molar-refractivity contribution in [2.45, 2.75) is 19.8 Å². The van der Waals surface area contributed by atoms with Crippen LogP contribution in [0.1, 0.15) is 21.5 Å². The Morgan fingerprint density at radius 1 is 1.11 bits per heavy atom. The Balaban J connectivity index is 1.49. The molecule has 2 aromatic carbocycles. The quantitative estimate of drug-likeness (QED) is 0.301. The van der Waals surface area contributed by atoms with Crippen molar-refractivity contribution in [2.24, 2.45) is 0 Å². The summed E-state index contributed by atoms with van der Waals surface area (Å²) in [6, 6.07) is 11.7. The molecule has 4 aromatic rings. The second kappa shape index (κ2) is 10.4. The molecule has 2 heterocycles. The molecule has 0 spiro atoms. The zero-order chi connectivity index (χ0) is 25.9. The lowest BCUT2D eigenvalue weighted by Crippen LogP contribution is -2.23. The maximum atomic E-state index is 13.4. The van der Waals surface area contributed by atoms with Gasteiger partial charge in [-0.3, -0.25) is 14.5 Å². The van der Waals surface area contributed by atoms with E-state index in [1.165, 1.54) is 12.1 Å². The highest BCUT2D eigenvalue weighted by Gasteiger charge is 2.15. The number of carbonyl (C=O) groups excluding carboxylic acids is 1. The Morgan fingerprint density at radius 2 is 1.86 bits per heavy atom. The van der Waals surface area contributed by atoms with E-state index in [1.54, 1.807) is 73.9 Å². The Hall–Kier alpha value is -3.84. The molecule has 0 atom stereocenters. The van der Waals surface area contributed by atoms with Gasteiger partial charge in [-0.1, -0.05) is 6.07 Å². The lowest BCUT2D eigenvalue weighted by atomic mass is 10.1. The number of nitrogens with zero attached hydrogens (tertiary/aromatic N) is 3. The van der Waals surface area contributed by atoms with E-state index in [1.807, 2.05) is 0 Å². The first-order valence-corrected chi connectivity index (χ1v) is 13.9. The van der Waals surface area contributed by atoms with Crippen LogP contribution in [0.15, 0.2) is 67.1 Å². The van der Waals surface area contributed by atoms with Crippen LogP contribution in [0.5, 0.6) is 11.5 Å². The molecule has 1 N–H and O–H groups in total. The molecule has 7 nitrogen and oxygen atoms in total. The van der Waals surface area contributed by atoms with Crippen molar-refractivity contribution in [1.82, 2.24) is 20.1 Å². The van der Waals surface area contributed by atoms with Gasteiger partial charge in [-0.15, -0.1) is 0 Å². The minimum absolute atomic E-state index is 0.0229. The third-order valence-corrected chi connectivity index (χ3v) is 6.25. The standard InChI is InChI=1S/C26H25F2N4O3P/c1-17-23(26(33)30-13-18-9-20(27)11-21(28)10-18)5-4-6-25(17)35-22-7-8-29-24(12-22)19-14-31-32(15-19)16-36(2,3)34/h4-12,14-15H,13,16H2,1-3H3,(H,30,33). The molecular weight excluding hydrogens is 485 g/mol. The molecule has 0 saturated carbocycles. The van der Waals surface area contributed by atoms with E-state index in [9.17, 15) is 18.1 Å². The van der Waals surface area contributed by atoms with Crippen LogP contribution >= 0.6 is 7.14 Å². The van der Waals surface area contributed by atoms with E-state index in [0.29, 0.717) is 40.2 Å². The summed E-state index contributed by atoms with van der Waals surface area (Å²) in [7, 11) is -2.28. The van der Waals surface area contributed by atoms with Crippen molar-refractivity contribution in [3.8, 4) is 22.8 Å². The summed E-state index contributed by atoms with van der Waals surface area (Å²) >= 11 is 0. The number of nitrogens with one attached hydrogen (secondary N) is 1. The Labute approximate surface area is 207 Å². The lowest BCUT2D eigenvalue weighted by Gasteiger charge is -2.13. The number of carbonyl (C=O) groups is 1. The molecule has 0 unspecified atom stereocenters. The van der Waals surface area contributed by atoms with Crippen LogP contribution in [0.3, 0.4) is 0 Å². The highest BCUT2D eigenvalue weighted by atomic mass is 31.2. The van der Waals surface area contributed by atoms with E-state index in [4.69, 9.17) is 4.74 Å². The molecular formula is C26H25F2N4O3P. The SMILES string of the molecule is Cc1c(Oc2ccnc(-c3cnn(CP(C)(C)=O)c3)c2)cccc1C(=O)NCc1cc(F)cc(F)c1. The topological polar surface area (TPSA) is 86.1 Å². The molecule has 4 rings (SSSR count). The summed E-state index contributed by atoms with van der Waals surface area (Å²) in [5.41, 5.74) is 2.69. The largest absolute Gasteiger partial charge is 0.457 e. The minimum atomic E-state index is -2.28. The lowest BCUT2D eigenvalue weighted by molar-refractivity contribution is 0.0949. The Bertz CT molecular complexity index is 1450. The number of benzene rings is 2. The van der Waals surface area contributed by atoms with Gasteiger partial charge in [-0.2, -0.15) is 5.10 Å². The predicted octanol–water partition coefficient (Wildman–Crippen LogP) is 5.83. The third kappa shape index (κ3) is 6.43. The first-order chi connectivity index (χ1) is 17.1. The van der Waals surface area contributed by atoms with Gasteiger partial charge >= 0.3 is 0 Å². The van der Waals surface area contributed by atoms with Crippen LogP contribution in [0, 0.1) is 18.6 Å². The molecule has 0 aliphatic rings. The molecule has 0 fully saturated rings. The fourth-order valence-corrected chi connectivity index (χ4v) is 4.50. The van der Waals surface area contributed by atoms with Crippen molar-refractivity contribution in [3.05, 3.63) is 95.4 Å². The van der Waals surface area contributed by atoms with Gasteiger partial charge in [0.15, 0.2) is 0 Å². The fourth-order valence-electron chi connectivity index (χ4n) is 3.64. The minimum Gasteiger partial charge on any atom is -0.457 e. The highest BCUT2D eigenvalue weighted by molar-refractivity contribution is 7.61. The zero-order valence-electron chi connectivity index (χ0n) is 20.0. The smallest absolute Gasteiger partial charge is 0.251 e. The van der Waals surface area contributed by atoms with E-state index >= 15 is 0 Å². The molecule has 2 aromatic heterocycles. The molecule has 186 valence electrons. The van der Waals surface area contributed by atoms with Crippen LogP contribution in [-0.2, 0) is 17.4 Å². The summed E-state index contributed by atoms with van der Waals surface area (Å²) in [4.78, 5) is 17.1. The van der Waals surface area contributed by atoms with Gasteiger partial charge in [0.25, 0.3) is 5.91 Å². The van der Waals surface area contributed by atoms with Crippen molar-refractivity contribution in [3.63, 3.8) is 0 Å². The number of rotatable bonds is 8. The normalized spacial score (nSPS) is 11.4. The highest BCUT2D eigenvalue weighted by Crippen LogP contribution is 2.38. The van der Waals surface area contributed by atoms with Crippen molar-refractivity contribution < 1.29 is 22.9 Å². The van der Waals surface area contributed by atoms with E-state index in [-0.39, 0.29) is 6.54 Å². The monoisotopic (exact) mass is 510 g/mol. The van der Waals surface area contributed by atoms with Crippen LogP contribution in [0.2, 0.25) is 0 Å². The summed E-state index contributed by atoms with van der Waals surface area (Å²) in [5.74, 6) is -0.809. The maximum absolute atomic E-state index is 13.4. The predicted molar refractivity (Wildman–Crippen MR) is 134 cm³/mol. The maximum Gasteiger partial charge on any atom is 0.251 e. The van der Waals surface area contributed by atoms with Gasteiger partial charge in [0.2, 0.25) is 0 Å².